The number of sulfonamides is 1. The van der Waals surface area contributed by atoms with E-state index in [9.17, 15) is 13.2 Å². The van der Waals surface area contributed by atoms with Gasteiger partial charge in [0.15, 0.2) is 0 Å². The maximum Gasteiger partial charge on any atom is 0.303 e. The van der Waals surface area contributed by atoms with Crippen molar-refractivity contribution >= 4 is 16.0 Å². The fourth-order valence-corrected chi connectivity index (χ4v) is 5.66. The Kier molecular flexibility index (Phi) is 6.80. The molecule has 0 fully saturated rings. The Morgan fingerprint density at radius 2 is 2.00 bits per heavy atom. The minimum atomic E-state index is -3.59. The number of carbonyl (C=O) groups is 1. The second-order valence-electron chi connectivity index (χ2n) is 7.80. The lowest BCUT2D eigenvalue weighted by Crippen LogP contribution is -2.27. The summed E-state index contributed by atoms with van der Waals surface area (Å²) in [6.07, 6.45) is 9.39. The molecule has 158 valence electrons. The molecule has 1 aromatic carbocycles. The minimum absolute atomic E-state index is 0.170. The van der Waals surface area contributed by atoms with Crippen LogP contribution < -0.4 is 5.32 Å². The third-order valence-corrected chi connectivity index (χ3v) is 7.50. The Morgan fingerprint density at radius 3 is 2.76 bits per heavy atom. The summed E-state index contributed by atoms with van der Waals surface area (Å²) < 4.78 is 28.0. The van der Waals surface area contributed by atoms with Crippen molar-refractivity contribution in [2.45, 2.75) is 62.8 Å². The van der Waals surface area contributed by atoms with E-state index in [0.29, 0.717) is 17.7 Å². The molecule has 1 heterocycles. The van der Waals surface area contributed by atoms with Crippen molar-refractivity contribution in [1.82, 2.24) is 9.62 Å². The molecule has 29 heavy (non-hydrogen) atoms. The number of fused-ring (bicyclic) bond motifs is 1. The van der Waals surface area contributed by atoms with E-state index in [1.807, 2.05) is 19.1 Å². The first-order valence-corrected chi connectivity index (χ1v) is 11.7. The monoisotopic (exact) mass is 418 g/mol. The number of rotatable bonds is 8. The zero-order valence-corrected chi connectivity index (χ0v) is 18.0. The highest BCUT2D eigenvalue weighted by Gasteiger charge is 2.36. The van der Waals surface area contributed by atoms with E-state index in [4.69, 9.17) is 5.11 Å². The summed E-state index contributed by atoms with van der Waals surface area (Å²) in [6.45, 7) is 2.66. The smallest absolute Gasteiger partial charge is 0.303 e. The first-order chi connectivity index (χ1) is 13.8. The topological polar surface area (TPSA) is 86.7 Å². The van der Waals surface area contributed by atoms with E-state index < -0.39 is 16.0 Å². The number of carboxylic acid groups (broad SMARTS) is 1. The summed E-state index contributed by atoms with van der Waals surface area (Å²) in [5.74, 6) is -0.748. The van der Waals surface area contributed by atoms with Gasteiger partial charge in [-0.05, 0) is 61.9 Å². The Balaban J connectivity index is 1.82. The summed E-state index contributed by atoms with van der Waals surface area (Å²) in [4.78, 5) is 11.0. The Hall–Kier alpha value is -2.12. The molecule has 1 aliphatic carbocycles. The van der Waals surface area contributed by atoms with E-state index >= 15 is 0 Å². The highest BCUT2D eigenvalue weighted by atomic mass is 32.2. The lowest BCUT2D eigenvalue weighted by atomic mass is 9.91. The normalized spacial score (nSPS) is 20.2. The molecule has 0 saturated heterocycles. The van der Waals surface area contributed by atoms with Crippen LogP contribution in [0, 0.1) is 6.92 Å². The molecule has 0 bridgehead atoms. The van der Waals surface area contributed by atoms with Gasteiger partial charge in [0.1, 0.15) is 0 Å². The number of aryl methyl sites for hydroxylation is 1. The number of carboxylic acids is 1. The molecule has 3 rings (SSSR count). The van der Waals surface area contributed by atoms with Crippen LogP contribution in [-0.4, -0.2) is 37.4 Å². The minimum Gasteiger partial charge on any atom is -0.481 e. The van der Waals surface area contributed by atoms with Crippen LogP contribution in [0.2, 0.25) is 0 Å². The number of hydrogen-bond donors (Lipinski definition) is 2. The van der Waals surface area contributed by atoms with Gasteiger partial charge in [-0.3, -0.25) is 9.10 Å². The van der Waals surface area contributed by atoms with Crippen LogP contribution in [0.5, 0.6) is 0 Å². The van der Waals surface area contributed by atoms with E-state index in [2.05, 4.69) is 17.5 Å². The third kappa shape index (κ3) is 4.73. The van der Waals surface area contributed by atoms with E-state index in [-0.39, 0.29) is 12.5 Å². The highest BCUT2D eigenvalue weighted by molar-refractivity contribution is 7.89. The van der Waals surface area contributed by atoms with Crippen molar-refractivity contribution in [2.24, 2.45) is 0 Å². The third-order valence-electron chi connectivity index (χ3n) is 5.65. The van der Waals surface area contributed by atoms with Crippen LogP contribution in [0.15, 0.2) is 46.5 Å². The number of benzene rings is 1. The summed E-state index contributed by atoms with van der Waals surface area (Å²) in [7, 11) is -1.93. The van der Waals surface area contributed by atoms with Crippen molar-refractivity contribution < 1.29 is 18.3 Å². The van der Waals surface area contributed by atoms with Crippen LogP contribution in [0.25, 0.3) is 0 Å². The molecule has 0 amide bonds. The molecule has 0 spiro atoms. The Bertz CT molecular complexity index is 934. The zero-order chi connectivity index (χ0) is 21.0. The lowest BCUT2D eigenvalue weighted by Gasteiger charge is -2.26. The molecule has 1 atom stereocenters. The molecule has 1 aromatic rings. The van der Waals surface area contributed by atoms with Gasteiger partial charge in [0.25, 0.3) is 10.0 Å². The largest absolute Gasteiger partial charge is 0.481 e. The van der Waals surface area contributed by atoms with Crippen LogP contribution in [0.1, 0.15) is 62.1 Å². The van der Waals surface area contributed by atoms with Crippen LogP contribution in [0.3, 0.4) is 0 Å². The predicted octanol–water partition coefficient (Wildman–Crippen LogP) is 3.90. The molecule has 2 N–H and O–H groups in total. The molecule has 1 unspecified atom stereocenters. The average Bonchev–Trinajstić information content (AvgIpc) is 2.75. The Labute approximate surface area is 173 Å². The number of nitrogens with one attached hydrogen (secondary N) is 1. The van der Waals surface area contributed by atoms with Gasteiger partial charge in [-0.2, -0.15) is 0 Å². The van der Waals surface area contributed by atoms with Crippen molar-refractivity contribution in [1.29, 1.82) is 0 Å². The van der Waals surface area contributed by atoms with Gasteiger partial charge in [-0.25, -0.2) is 8.42 Å². The summed E-state index contributed by atoms with van der Waals surface area (Å²) in [5, 5.41) is 12.3. The van der Waals surface area contributed by atoms with Crippen molar-refractivity contribution in [3.05, 3.63) is 52.7 Å². The molecule has 2 aliphatic rings. The fraction of sp³-hybridized carbons (Fsp3) is 0.500. The molecule has 0 aromatic heterocycles. The lowest BCUT2D eigenvalue weighted by molar-refractivity contribution is -0.137. The van der Waals surface area contributed by atoms with Gasteiger partial charge in [-0.1, -0.05) is 37.1 Å². The van der Waals surface area contributed by atoms with Gasteiger partial charge in [0.2, 0.25) is 0 Å². The van der Waals surface area contributed by atoms with E-state index in [1.165, 1.54) is 4.31 Å². The molecule has 1 aliphatic heterocycles. The second-order valence-corrected chi connectivity index (χ2v) is 9.74. The number of nitrogens with zero attached hydrogens (tertiary/aromatic N) is 1. The quantitative estimate of drug-likeness (QED) is 0.625. The van der Waals surface area contributed by atoms with Gasteiger partial charge < -0.3 is 10.4 Å². The highest BCUT2D eigenvalue weighted by Crippen LogP contribution is 2.40. The van der Waals surface area contributed by atoms with Crippen molar-refractivity contribution in [3.63, 3.8) is 0 Å². The standard InChI is InChI=1S/C22H30N2O4S/c1-16-12-13-18-20(15-16)29(27,28)24(2)19-10-7-6-9-17(19)22(18)23-14-8-4-3-5-11-21(25)26/h6,9,12-13,15,22-23H,3-5,7-8,10-11,14H2,1-2H3,(H,25,26). The van der Waals surface area contributed by atoms with Crippen molar-refractivity contribution in [3.8, 4) is 0 Å². The van der Waals surface area contributed by atoms with Crippen LogP contribution in [0.4, 0.5) is 0 Å². The molecule has 0 saturated carbocycles. The first kappa shape index (κ1) is 21.6. The van der Waals surface area contributed by atoms with Crippen LogP contribution in [-0.2, 0) is 14.8 Å². The maximum absolute atomic E-state index is 13.3. The van der Waals surface area contributed by atoms with Gasteiger partial charge in [0, 0.05) is 19.2 Å². The van der Waals surface area contributed by atoms with Crippen molar-refractivity contribution in [2.75, 3.05) is 13.6 Å². The summed E-state index contributed by atoms with van der Waals surface area (Å²) in [6, 6.07) is 5.49. The average molecular weight is 419 g/mol. The zero-order valence-electron chi connectivity index (χ0n) is 17.1. The van der Waals surface area contributed by atoms with Gasteiger partial charge >= 0.3 is 5.97 Å². The predicted molar refractivity (Wildman–Crippen MR) is 113 cm³/mol. The number of hydrogen-bond acceptors (Lipinski definition) is 4. The fourth-order valence-electron chi connectivity index (χ4n) is 4.06. The molecular weight excluding hydrogens is 388 g/mol. The van der Waals surface area contributed by atoms with E-state index in [0.717, 1.165) is 54.6 Å². The van der Waals surface area contributed by atoms with Gasteiger partial charge in [-0.15, -0.1) is 0 Å². The molecular formula is C22H30N2O4S. The Morgan fingerprint density at radius 1 is 1.24 bits per heavy atom. The number of unbranched alkanes of at least 4 members (excludes halogenated alkanes) is 3. The van der Waals surface area contributed by atoms with E-state index in [1.54, 1.807) is 13.1 Å². The number of aliphatic carboxylic acids is 1. The maximum atomic E-state index is 13.3. The SMILES string of the molecule is Cc1ccc2c(c1)S(=O)(=O)N(C)C1=C(C=CCC1)C2NCCCCCCC(=O)O. The second kappa shape index (κ2) is 9.13. The molecule has 0 radical (unpaired) electrons. The van der Waals surface area contributed by atoms with Crippen LogP contribution >= 0.6 is 0 Å². The molecule has 6 nitrogen and oxygen atoms in total. The summed E-state index contributed by atoms with van der Waals surface area (Å²) in [5.41, 5.74) is 3.61. The summed E-state index contributed by atoms with van der Waals surface area (Å²) >= 11 is 0. The number of allylic oxidation sites excluding steroid dienone is 2. The first-order valence-electron chi connectivity index (χ1n) is 10.3. The molecule has 7 heteroatoms. The van der Waals surface area contributed by atoms with Gasteiger partial charge in [0.05, 0.1) is 10.9 Å².